The summed E-state index contributed by atoms with van der Waals surface area (Å²) in [5.41, 5.74) is 6.35. The first kappa shape index (κ1) is 18.4. The minimum Gasteiger partial charge on any atom is -0.332 e. The molecule has 2 atom stereocenters. The van der Waals surface area contributed by atoms with Gasteiger partial charge in [-0.1, -0.05) is 60.6 Å². The van der Waals surface area contributed by atoms with Crippen LogP contribution in [0.3, 0.4) is 0 Å². The number of nitrogens with zero attached hydrogens (tertiary/aromatic N) is 4. The number of para-hydroxylation sites is 1. The molecule has 7 rings (SSSR count). The van der Waals surface area contributed by atoms with Crippen molar-refractivity contribution in [3.05, 3.63) is 77.8 Å². The summed E-state index contributed by atoms with van der Waals surface area (Å²) in [5.74, 6) is 1.26. The molecule has 2 aromatic heterocycles. The maximum Gasteiger partial charge on any atom is 0.274 e. The Balaban J connectivity index is 1.50. The summed E-state index contributed by atoms with van der Waals surface area (Å²) in [6.07, 6.45) is 7.13. The Hall–Kier alpha value is -3.18. The van der Waals surface area contributed by atoms with Crippen molar-refractivity contribution in [2.75, 3.05) is 13.1 Å². The van der Waals surface area contributed by atoms with Crippen molar-refractivity contribution >= 4 is 16.6 Å². The van der Waals surface area contributed by atoms with Crippen molar-refractivity contribution in [2.24, 2.45) is 5.41 Å². The second kappa shape index (κ2) is 6.66. The largest absolute Gasteiger partial charge is 0.332 e. The lowest BCUT2D eigenvalue weighted by Gasteiger charge is -2.53. The molecule has 0 amide bonds. The molecule has 3 aliphatic rings. The number of aromatic nitrogens is 3. The Morgan fingerprint density at radius 1 is 1.06 bits per heavy atom. The molecule has 1 saturated heterocycles. The summed E-state index contributed by atoms with van der Waals surface area (Å²) >= 11 is 0. The van der Waals surface area contributed by atoms with Crippen LogP contribution in [0, 0.1) is 5.41 Å². The first-order chi connectivity index (χ1) is 15.8. The van der Waals surface area contributed by atoms with Gasteiger partial charge in [-0.05, 0) is 49.9 Å². The van der Waals surface area contributed by atoms with Crippen LogP contribution in [0.15, 0.2) is 65.2 Å². The van der Waals surface area contributed by atoms with Crippen LogP contribution in [0.1, 0.15) is 49.4 Å². The molecule has 0 aliphatic carbocycles. The van der Waals surface area contributed by atoms with Crippen LogP contribution in [-0.2, 0) is 6.42 Å². The minimum atomic E-state index is 0.106. The second-order valence-electron chi connectivity index (χ2n) is 9.41. The molecule has 0 unspecified atom stereocenters. The summed E-state index contributed by atoms with van der Waals surface area (Å²) in [5, 5.41) is 5.72. The fraction of sp³-hybridized carbons (Fsp3) is 0.333. The molecule has 5 heterocycles. The maximum absolute atomic E-state index is 5.92. The first-order valence-electron chi connectivity index (χ1n) is 11.8. The smallest absolute Gasteiger partial charge is 0.274 e. The van der Waals surface area contributed by atoms with Crippen molar-refractivity contribution in [1.82, 2.24) is 19.6 Å². The highest BCUT2D eigenvalue weighted by Crippen LogP contribution is 2.57. The van der Waals surface area contributed by atoms with Gasteiger partial charge in [0, 0.05) is 28.6 Å². The number of benzene rings is 2. The van der Waals surface area contributed by atoms with Gasteiger partial charge in [0.05, 0.1) is 11.6 Å². The fourth-order valence-electron chi connectivity index (χ4n) is 6.47. The van der Waals surface area contributed by atoms with Crippen LogP contribution in [0.4, 0.5) is 0 Å². The molecular weight excluding hydrogens is 396 g/mol. The van der Waals surface area contributed by atoms with Crippen molar-refractivity contribution < 1.29 is 4.52 Å². The Morgan fingerprint density at radius 2 is 1.91 bits per heavy atom. The molecule has 1 fully saturated rings. The van der Waals surface area contributed by atoms with E-state index in [1.165, 1.54) is 41.5 Å². The Morgan fingerprint density at radius 3 is 2.78 bits per heavy atom. The minimum absolute atomic E-state index is 0.106. The second-order valence-corrected chi connectivity index (χ2v) is 9.41. The summed E-state index contributed by atoms with van der Waals surface area (Å²) < 4.78 is 8.36. The normalized spacial score (nSPS) is 24.4. The predicted molar refractivity (Wildman–Crippen MR) is 125 cm³/mol. The van der Waals surface area contributed by atoms with E-state index in [-0.39, 0.29) is 5.41 Å². The van der Waals surface area contributed by atoms with Crippen molar-refractivity contribution in [1.29, 1.82) is 0 Å². The molecular formula is C27H26N4O. The number of rotatable bonds is 3. The molecule has 2 aromatic carbocycles. The van der Waals surface area contributed by atoms with Crippen LogP contribution in [0.5, 0.6) is 0 Å². The molecule has 0 radical (unpaired) electrons. The third kappa shape index (κ3) is 2.37. The lowest BCUT2D eigenvalue weighted by atomic mass is 9.66. The standard InChI is InChI=1S/C27H26N4O/c1-2-27-14-8-15-30-16-13-20-19-11-6-7-12-21(19)31(23(20)24(27)30)22(17-27)26-28-25(29-32-26)18-9-4-3-5-10-18/h3-7,9-12,17,24H,2,8,13-16H2,1H3/t24-,27+/m1/s1. The average molecular weight is 423 g/mol. The van der Waals surface area contributed by atoms with E-state index in [0.29, 0.717) is 17.8 Å². The van der Waals surface area contributed by atoms with Crippen LogP contribution < -0.4 is 0 Å². The maximum atomic E-state index is 5.92. The van der Waals surface area contributed by atoms with Gasteiger partial charge < -0.3 is 9.09 Å². The van der Waals surface area contributed by atoms with Gasteiger partial charge in [-0.3, -0.25) is 4.90 Å². The zero-order valence-corrected chi connectivity index (χ0v) is 18.3. The molecule has 0 bridgehead atoms. The Labute approximate surface area is 187 Å². The fourth-order valence-corrected chi connectivity index (χ4v) is 6.47. The van der Waals surface area contributed by atoms with E-state index in [2.05, 4.69) is 51.9 Å². The number of fused-ring (bicyclic) bond motifs is 3. The molecule has 160 valence electrons. The lowest BCUT2D eigenvalue weighted by Crippen LogP contribution is -2.50. The highest BCUT2D eigenvalue weighted by molar-refractivity contribution is 5.91. The summed E-state index contributed by atoms with van der Waals surface area (Å²) in [4.78, 5) is 7.60. The van der Waals surface area contributed by atoms with Gasteiger partial charge in [0.25, 0.3) is 5.89 Å². The molecule has 0 saturated carbocycles. The zero-order valence-electron chi connectivity index (χ0n) is 18.3. The van der Waals surface area contributed by atoms with Gasteiger partial charge in [-0.15, -0.1) is 0 Å². The van der Waals surface area contributed by atoms with E-state index in [4.69, 9.17) is 9.51 Å². The molecule has 5 heteroatoms. The van der Waals surface area contributed by atoms with Gasteiger partial charge in [0.1, 0.15) is 5.70 Å². The van der Waals surface area contributed by atoms with Gasteiger partial charge >= 0.3 is 0 Å². The third-order valence-corrected chi connectivity index (χ3v) is 7.93. The topological polar surface area (TPSA) is 47.1 Å². The van der Waals surface area contributed by atoms with Crippen LogP contribution in [0.2, 0.25) is 0 Å². The van der Waals surface area contributed by atoms with Crippen molar-refractivity contribution in [3.8, 4) is 11.4 Å². The Kier molecular flexibility index (Phi) is 3.83. The van der Waals surface area contributed by atoms with E-state index >= 15 is 0 Å². The highest BCUT2D eigenvalue weighted by atomic mass is 16.5. The van der Waals surface area contributed by atoms with E-state index in [9.17, 15) is 0 Å². The molecule has 0 spiro atoms. The zero-order chi connectivity index (χ0) is 21.3. The Bertz CT molecular complexity index is 1370. The first-order valence-corrected chi connectivity index (χ1v) is 11.8. The number of hydrogen-bond acceptors (Lipinski definition) is 4. The van der Waals surface area contributed by atoms with E-state index in [0.717, 1.165) is 30.6 Å². The van der Waals surface area contributed by atoms with Crippen molar-refractivity contribution in [2.45, 2.75) is 38.6 Å². The third-order valence-electron chi connectivity index (χ3n) is 7.93. The lowest BCUT2D eigenvalue weighted by molar-refractivity contribution is 0.0269. The van der Waals surface area contributed by atoms with Crippen LogP contribution in [0.25, 0.3) is 28.0 Å². The van der Waals surface area contributed by atoms with Gasteiger partial charge in [-0.25, -0.2) is 0 Å². The average Bonchev–Trinajstić information content (AvgIpc) is 3.47. The number of hydrogen-bond donors (Lipinski definition) is 0. The van der Waals surface area contributed by atoms with E-state index in [1.54, 1.807) is 0 Å². The summed E-state index contributed by atoms with van der Waals surface area (Å²) in [6, 6.07) is 19.3. The molecule has 0 N–H and O–H groups in total. The number of piperidine rings is 1. The molecule has 5 nitrogen and oxygen atoms in total. The van der Waals surface area contributed by atoms with Gasteiger partial charge in [-0.2, -0.15) is 4.98 Å². The van der Waals surface area contributed by atoms with Gasteiger partial charge in [0.2, 0.25) is 5.82 Å². The molecule has 32 heavy (non-hydrogen) atoms. The summed E-state index contributed by atoms with van der Waals surface area (Å²) in [7, 11) is 0. The van der Waals surface area contributed by atoms with Crippen LogP contribution >= 0.6 is 0 Å². The highest BCUT2D eigenvalue weighted by Gasteiger charge is 2.50. The van der Waals surface area contributed by atoms with Crippen molar-refractivity contribution in [3.63, 3.8) is 0 Å². The summed E-state index contributed by atoms with van der Waals surface area (Å²) in [6.45, 7) is 4.68. The van der Waals surface area contributed by atoms with E-state index in [1.807, 2.05) is 30.3 Å². The quantitative estimate of drug-likeness (QED) is 0.426. The molecule has 3 aliphatic heterocycles. The van der Waals surface area contributed by atoms with Crippen LogP contribution in [-0.4, -0.2) is 32.7 Å². The SMILES string of the molecule is CC[C@@]12C=C(c3nc(-c4ccccc4)no3)n3c4c(c5ccccc53)CCN(CCC1)[C@H]42. The van der Waals surface area contributed by atoms with Gasteiger partial charge in [0.15, 0.2) is 0 Å². The predicted octanol–water partition coefficient (Wildman–Crippen LogP) is 5.68. The monoisotopic (exact) mass is 422 g/mol. The van der Waals surface area contributed by atoms with E-state index < -0.39 is 0 Å². The molecule has 4 aromatic rings.